The molecule has 0 aromatic carbocycles. The lowest BCUT2D eigenvalue weighted by Gasteiger charge is -2.47. The van der Waals surface area contributed by atoms with Crippen molar-refractivity contribution in [2.45, 2.75) is 99.9 Å². The van der Waals surface area contributed by atoms with Gasteiger partial charge in [-0.15, -0.1) is 0 Å². The summed E-state index contributed by atoms with van der Waals surface area (Å²) >= 11 is 0. The van der Waals surface area contributed by atoms with Crippen LogP contribution in [0, 0.1) is 0 Å². The molecule has 15 nitrogen and oxygen atoms in total. The molecule has 3 saturated heterocycles. The molecule has 0 bridgehead atoms. The van der Waals surface area contributed by atoms with Gasteiger partial charge >= 0.3 is 5.97 Å². The molecular weight excluding hydrogens is 468 g/mol. The van der Waals surface area contributed by atoms with Gasteiger partial charge in [0, 0.05) is 6.92 Å². The number of carbonyl (C=O) groups excluding carboxylic acids is 1. The van der Waals surface area contributed by atoms with Crippen molar-refractivity contribution in [1.29, 1.82) is 0 Å². The summed E-state index contributed by atoms with van der Waals surface area (Å²) in [5.41, 5.74) is 0. The van der Waals surface area contributed by atoms with Crippen molar-refractivity contribution in [3.8, 4) is 0 Å². The van der Waals surface area contributed by atoms with E-state index in [0.717, 1.165) is 6.92 Å². The fourth-order valence-electron chi connectivity index (χ4n) is 3.86. The minimum absolute atomic E-state index is 0.385. The maximum absolute atomic E-state index is 11.2. The lowest BCUT2D eigenvalue weighted by molar-refractivity contribution is -0.385. The Kier molecular flexibility index (Phi) is 9.18. The van der Waals surface area contributed by atoms with Gasteiger partial charge in [0.05, 0.1) is 12.7 Å². The number of ether oxygens (including phenoxy) is 6. The Bertz CT molecular complexity index is 680. The molecule has 0 amide bonds. The smallest absolute Gasteiger partial charge is 0.302 e. The zero-order chi connectivity index (χ0) is 25.3. The average Bonchev–Trinajstić information content (AvgIpc) is 2.79. The molecule has 3 fully saturated rings. The summed E-state index contributed by atoms with van der Waals surface area (Å²) in [5, 5.41) is 81.5. The van der Waals surface area contributed by atoms with E-state index in [9.17, 15) is 45.6 Å². The predicted molar refractivity (Wildman–Crippen MR) is 103 cm³/mol. The molecule has 34 heavy (non-hydrogen) atoms. The Hall–Kier alpha value is -1.05. The summed E-state index contributed by atoms with van der Waals surface area (Å²) in [6, 6.07) is 0. The van der Waals surface area contributed by atoms with Gasteiger partial charge in [-0.25, -0.2) is 0 Å². The summed E-state index contributed by atoms with van der Waals surface area (Å²) in [5.74, 6) is -0.698. The molecular formula is C19H32O15. The van der Waals surface area contributed by atoms with Gasteiger partial charge in [0.15, 0.2) is 18.9 Å². The monoisotopic (exact) mass is 500 g/mol. The lowest BCUT2D eigenvalue weighted by Crippen LogP contribution is -2.65. The first-order chi connectivity index (χ1) is 15.9. The van der Waals surface area contributed by atoms with E-state index in [1.165, 1.54) is 6.92 Å². The molecule has 15 heteroatoms. The van der Waals surface area contributed by atoms with Crippen molar-refractivity contribution in [3.05, 3.63) is 0 Å². The zero-order valence-electron chi connectivity index (χ0n) is 18.4. The lowest BCUT2D eigenvalue weighted by atomic mass is 9.97. The first-order valence-electron chi connectivity index (χ1n) is 10.7. The number of rotatable bonds is 6. The molecule has 3 aliphatic heterocycles. The van der Waals surface area contributed by atoms with Crippen LogP contribution in [0.25, 0.3) is 0 Å². The topological polar surface area (TPSA) is 234 Å². The summed E-state index contributed by atoms with van der Waals surface area (Å²) in [6.45, 7) is 1.63. The molecule has 0 aromatic rings. The second-order valence-corrected chi connectivity index (χ2v) is 8.49. The largest absolute Gasteiger partial charge is 0.463 e. The highest BCUT2D eigenvalue weighted by Gasteiger charge is 2.52. The van der Waals surface area contributed by atoms with Gasteiger partial charge < -0.3 is 69.3 Å². The number of aliphatic hydroxyl groups excluding tert-OH is 8. The standard InChI is InChI=1S/C19H32O15/c1-5-9(22)12(25)14(27)18(31-5)34-16-13(26)11(24)8(4-29-6(2)20)32-19(16)33-15-10(23)7(21)3-30-17(15)28/h5,7-19,21-28H,3-4H2,1-2H3/t5-,7+,8+,9+,10-,11-,12+,13-,14-,15+,16+,17-,18-,19-/m0/s1. The van der Waals surface area contributed by atoms with Crippen LogP contribution in [0.5, 0.6) is 0 Å². The van der Waals surface area contributed by atoms with Crippen LogP contribution >= 0.6 is 0 Å². The average molecular weight is 500 g/mol. The van der Waals surface area contributed by atoms with Crippen LogP contribution in [0.1, 0.15) is 13.8 Å². The van der Waals surface area contributed by atoms with Crippen LogP contribution in [0.4, 0.5) is 0 Å². The minimum atomic E-state index is -1.81. The quantitative estimate of drug-likeness (QED) is 0.159. The van der Waals surface area contributed by atoms with Crippen LogP contribution in [-0.4, -0.2) is 146 Å². The maximum atomic E-state index is 11.2. The normalized spacial score (nSPS) is 50.1. The van der Waals surface area contributed by atoms with Crippen LogP contribution in [-0.2, 0) is 33.2 Å². The van der Waals surface area contributed by atoms with Crippen LogP contribution < -0.4 is 0 Å². The van der Waals surface area contributed by atoms with Crippen molar-refractivity contribution in [2.75, 3.05) is 13.2 Å². The highest BCUT2D eigenvalue weighted by molar-refractivity contribution is 5.65. The van der Waals surface area contributed by atoms with Gasteiger partial charge in [-0.1, -0.05) is 0 Å². The van der Waals surface area contributed by atoms with E-state index in [4.69, 9.17) is 28.4 Å². The highest BCUT2D eigenvalue weighted by atomic mass is 16.8. The van der Waals surface area contributed by atoms with Crippen molar-refractivity contribution >= 4 is 5.97 Å². The van der Waals surface area contributed by atoms with Gasteiger partial charge in [0.2, 0.25) is 0 Å². The van der Waals surface area contributed by atoms with E-state index in [2.05, 4.69) is 0 Å². The Labute approximate surface area is 193 Å². The molecule has 0 unspecified atom stereocenters. The van der Waals surface area contributed by atoms with Crippen molar-refractivity contribution in [3.63, 3.8) is 0 Å². The van der Waals surface area contributed by atoms with E-state index >= 15 is 0 Å². The summed E-state index contributed by atoms with van der Waals surface area (Å²) in [7, 11) is 0. The first kappa shape index (κ1) is 27.5. The molecule has 0 aliphatic carbocycles. The molecule has 198 valence electrons. The van der Waals surface area contributed by atoms with Crippen LogP contribution in [0.15, 0.2) is 0 Å². The van der Waals surface area contributed by atoms with Crippen molar-refractivity contribution < 1.29 is 74.1 Å². The zero-order valence-corrected chi connectivity index (χ0v) is 18.4. The molecule has 0 spiro atoms. The Morgan fingerprint density at radius 3 is 2.09 bits per heavy atom. The fraction of sp³-hybridized carbons (Fsp3) is 0.947. The van der Waals surface area contributed by atoms with Crippen molar-refractivity contribution in [2.24, 2.45) is 0 Å². The second kappa shape index (κ2) is 11.3. The van der Waals surface area contributed by atoms with Crippen LogP contribution in [0.2, 0.25) is 0 Å². The first-order valence-corrected chi connectivity index (χ1v) is 10.7. The second-order valence-electron chi connectivity index (χ2n) is 8.49. The van der Waals surface area contributed by atoms with E-state index in [1.807, 2.05) is 0 Å². The molecule has 3 heterocycles. The third-order valence-electron chi connectivity index (χ3n) is 5.94. The van der Waals surface area contributed by atoms with E-state index in [-0.39, 0.29) is 6.61 Å². The van der Waals surface area contributed by atoms with Gasteiger partial charge in [-0.05, 0) is 6.92 Å². The third-order valence-corrected chi connectivity index (χ3v) is 5.94. The van der Waals surface area contributed by atoms with Gasteiger partial charge in [0.25, 0.3) is 0 Å². The van der Waals surface area contributed by atoms with Gasteiger partial charge in [0.1, 0.15) is 67.6 Å². The van der Waals surface area contributed by atoms with E-state index < -0.39 is 98.6 Å². The number of carbonyl (C=O) groups is 1. The fourth-order valence-corrected chi connectivity index (χ4v) is 3.86. The van der Waals surface area contributed by atoms with Gasteiger partial charge in [-0.2, -0.15) is 0 Å². The molecule has 3 rings (SSSR count). The number of hydrogen-bond donors (Lipinski definition) is 8. The minimum Gasteiger partial charge on any atom is -0.463 e. The molecule has 8 N–H and O–H groups in total. The predicted octanol–water partition coefficient (Wildman–Crippen LogP) is -5.34. The maximum Gasteiger partial charge on any atom is 0.302 e. The Morgan fingerprint density at radius 1 is 0.794 bits per heavy atom. The summed E-state index contributed by atoms with van der Waals surface area (Å²) in [6.07, 6.45) is -22.1. The van der Waals surface area contributed by atoms with E-state index in [0.29, 0.717) is 0 Å². The van der Waals surface area contributed by atoms with E-state index in [1.54, 1.807) is 0 Å². The van der Waals surface area contributed by atoms with Gasteiger partial charge in [-0.3, -0.25) is 4.79 Å². The summed E-state index contributed by atoms with van der Waals surface area (Å²) in [4.78, 5) is 11.2. The number of aliphatic hydroxyl groups is 8. The number of hydrogen-bond acceptors (Lipinski definition) is 15. The van der Waals surface area contributed by atoms with Crippen molar-refractivity contribution in [1.82, 2.24) is 0 Å². The number of esters is 1. The summed E-state index contributed by atoms with van der Waals surface area (Å²) < 4.78 is 31.8. The molecule has 0 saturated carbocycles. The Morgan fingerprint density at radius 2 is 1.44 bits per heavy atom. The SMILES string of the molecule is CC(=O)OC[C@H]1O[C@@H](O[C@@H]2[C@@H](O)[C@H](O)CO[C@@H]2O)[C@H](O[C@@H]2O[C@@H](C)[C@@H](O)[C@@H](O)[C@@H]2O)[C@@H](O)[C@H]1O. The molecule has 14 atom stereocenters. The molecule has 0 aromatic heterocycles. The molecule has 0 radical (unpaired) electrons. The van der Waals surface area contributed by atoms with Crippen LogP contribution in [0.3, 0.4) is 0 Å². The highest BCUT2D eigenvalue weighted by Crippen LogP contribution is 2.32. The Balaban J connectivity index is 1.82. The third kappa shape index (κ3) is 5.84. The molecule has 3 aliphatic rings.